The molecule has 0 unspecified atom stereocenters. The topological polar surface area (TPSA) is 86.9 Å². The summed E-state index contributed by atoms with van der Waals surface area (Å²) < 4.78 is 26.7. The maximum absolute atomic E-state index is 13.3. The van der Waals surface area contributed by atoms with Gasteiger partial charge in [0.2, 0.25) is 9.84 Å². The van der Waals surface area contributed by atoms with Crippen molar-refractivity contribution in [1.29, 1.82) is 5.26 Å². The van der Waals surface area contributed by atoms with Crippen LogP contribution in [0.5, 0.6) is 0 Å². The van der Waals surface area contributed by atoms with E-state index in [4.69, 9.17) is 16.6 Å². The Hall–Kier alpha value is -2.69. The van der Waals surface area contributed by atoms with Crippen LogP contribution in [0.2, 0.25) is 5.02 Å². The molecular weight excluding hydrogens is 420 g/mol. The molecule has 154 valence electrons. The van der Waals surface area contributed by atoms with E-state index < -0.39 is 15.1 Å². The molecule has 30 heavy (non-hydrogen) atoms. The molecule has 1 atom stereocenters. The minimum absolute atomic E-state index is 0.0339. The predicted octanol–water partition coefficient (Wildman–Crippen LogP) is 4.56. The van der Waals surface area contributed by atoms with Gasteiger partial charge in [-0.3, -0.25) is 0 Å². The normalized spacial score (nSPS) is 16.4. The molecule has 0 spiro atoms. The Labute approximate surface area is 181 Å². The van der Waals surface area contributed by atoms with E-state index in [1.54, 1.807) is 6.07 Å². The Kier molecular flexibility index (Phi) is 5.63. The molecule has 8 heteroatoms. The number of nitrogens with zero attached hydrogens (tertiary/aromatic N) is 4. The van der Waals surface area contributed by atoms with Crippen molar-refractivity contribution in [1.82, 2.24) is 9.97 Å². The maximum Gasteiger partial charge on any atom is 0.200 e. The zero-order chi connectivity index (χ0) is 21.3. The first-order chi connectivity index (χ1) is 14.4. The van der Waals surface area contributed by atoms with Crippen molar-refractivity contribution in [3.8, 4) is 6.07 Å². The van der Waals surface area contributed by atoms with Crippen molar-refractivity contribution in [2.75, 3.05) is 18.0 Å². The lowest BCUT2D eigenvalue weighted by atomic mass is 9.99. The quantitative estimate of drug-likeness (QED) is 0.591. The van der Waals surface area contributed by atoms with Gasteiger partial charge in [0.05, 0.1) is 22.0 Å². The van der Waals surface area contributed by atoms with Crippen LogP contribution in [0.3, 0.4) is 0 Å². The first kappa shape index (κ1) is 20.6. The molecule has 1 saturated heterocycles. The highest BCUT2D eigenvalue weighted by Gasteiger charge is 2.35. The molecule has 0 N–H and O–H groups in total. The summed E-state index contributed by atoms with van der Waals surface area (Å²) in [6.45, 7) is 3.70. The SMILES string of the molecule is CC1CCN(c2nc3ccccc3nc2[C@@H](C#N)S(=O)(=O)c2ccc(Cl)cc2)CC1. The third-order valence-corrected chi connectivity index (χ3v) is 7.61. The van der Waals surface area contributed by atoms with E-state index in [2.05, 4.69) is 16.8 Å². The third kappa shape index (κ3) is 3.85. The Bertz CT molecular complexity index is 1210. The van der Waals surface area contributed by atoms with Crippen molar-refractivity contribution >= 4 is 38.3 Å². The van der Waals surface area contributed by atoms with Crippen LogP contribution in [0.1, 0.15) is 30.7 Å². The van der Waals surface area contributed by atoms with E-state index in [1.165, 1.54) is 24.3 Å². The summed E-state index contributed by atoms with van der Waals surface area (Å²) in [7, 11) is -4.01. The minimum atomic E-state index is -4.01. The van der Waals surface area contributed by atoms with Crippen LogP contribution in [0.15, 0.2) is 53.4 Å². The van der Waals surface area contributed by atoms with E-state index >= 15 is 0 Å². The lowest BCUT2D eigenvalue weighted by molar-refractivity contribution is 0.436. The zero-order valence-electron chi connectivity index (χ0n) is 16.5. The largest absolute Gasteiger partial charge is 0.355 e. The molecule has 0 aliphatic carbocycles. The number of sulfone groups is 1. The Balaban J connectivity index is 1.87. The van der Waals surface area contributed by atoms with Crippen LogP contribution in [-0.4, -0.2) is 31.5 Å². The second kappa shape index (κ2) is 8.21. The smallest absolute Gasteiger partial charge is 0.200 e. The number of halogens is 1. The number of hydrogen-bond acceptors (Lipinski definition) is 6. The summed E-state index contributed by atoms with van der Waals surface area (Å²) in [6.07, 6.45) is 1.96. The minimum Gasteiger partial charge on any atom is -0.355 e. The average molecular weight is 441 g/mol. The summed E-state index contributed by atoms with van der Waals surface area (Å²) in [5.74, 6) is 1.08. The lowest BCUT2D eigenvalue weighted by Gasteiger charge is -2.32. The predicted molar refractivity (Wildman–Crippen MR) is 117 cm³/mol. The first-order valence-corrected chi connectivity index (χ1v) is 11.7. The van der Waals surface area contributed by atoms with E-state index in [9.17, 15) is 13.7 Å². The van der Waals surface area contributed by atoms with Crippen LogP contribution in [0.25, 0.3) is 11.0 Å². The van der Waals surface area contributed by atoms with Gasteiger partial charge in [-0.1, -0.05) is 30.7 Å². The molecule has 3 aromatic rings. The third-order valence-electron chi connectivity index (χ3n) is 5.48. The summed E-state index contributed by atoms with van der Waals surface area (Å²) >= 11 is 5.91. The van der Waals surface area contributed by atoms with Crippen LogP contribution in [0, 0.1) is 17.2 Å². The van der Waals surface area contributed by atoms with Gasteiger partial charge in [-0.25, -0.2) is 18.4 Å². The average Bonchev–Trinajstić information content (AvgIpc) is 2.74. The monoisotopic (exact) mass is 440 g/mol. The fourth-order valence-corrected chi connectivity index (χ4v) is 5.18. The van der Waals surface area contributed by atoms with Gasteiger partial charge in [-0.05, 0) is 55.2 Å². The number of aromatic nitrogens is 2. The van der Waals surface area contributed by atoms with E-state index in [-0.39, 0.29) is 10.6 Å². The first-order valence-electron chi connectivity index (χ1n) is 9.81. The molecule has 0 saturated carbocycles. The number of para-hydroxylation sites is 2. The summed E-state index contributed by atoms with van der Waals surface area (Å²) in [6, 6.07) is 15.1. The van der Waals surface area contributed by atoms with Crippen molar-refractivity contribution < 1.29 is 8.42 Å². The van der Waals surface area contributed by atoms with Gasteiger partial charge < -0.3 is 4.90 Å². The van der Waals surface area contributed by atoms with Crippen LogP contribution >= 0.6 is 11.6 Å². The second-order valence-electron chi connectivity index (χ2n) is 7.60. The van der Waals surface area contributed by atoms with Gasteiger partial charge in [0.15, 0.2) is 11.1 Å². The highest BCUT2D eigenvalue weighted by Crippen LogP contribution is 2.35. The van der Waals surface area contributed by atoms with Crippen LogP contribution < -0.4 is 4.90 Å². The highest BCUT2D eigenvalue weighted by atomic mass is 35.5. The van der Waals surface area contributed by atoms with Crippen molar-refractivity contribution in [3.05, 3.63) is 59.2 Å². The van der Waals surface area contributed by atoms with Crippen LogP contribution in [-0.2, 0) is 9.84 Å². The molecule has 1 fully saturated rings. The molecule has 1 aliphatic rings. The second-order valence-corrected chi connectivity index (χ2v) is 10.1. The van der Waals surface area contributed by atoms with Gasteiger partial charge in [0, 0.05) is 18.1 Å². The van der Waals surface area contributed by atoms with Gasteiger partial charge >= 0.3 is 0 Å². The molecule has 1 aliphatic heterocycles. The molecule has 4 rings (SSSR count). The van der Waals surface area contributed by atoms with E-state index in [0.717, 1.165) is 25.9 Å². The Morgan fingerprint density at radius 1 is 1.07 bits per heavy atom. The maximum atomic E-state index is 13.3. The molecule has 0 amide bonds. The summed E-state index contributed by atoms with van der Waals surface area (Å²) in [5.41, 5.74) is 1.42. The van der Waals surface area contributed by atoms with E-state index in [1.807, 2.05) is 24.3 Å². The molecule has 2 aromatic carbocycles. The Morgan fingerprint density at radius 3 is 2.27 bits per heavy atom. The van der Waals surface area contributed by atoms with Crippen LogP contribution in [0.4, 0.5) is 5.82 Å². The molecule has 2 heterocycles. The lowest BCUT2D eigenvalue weighted by Crippen LogP contribution is -2.35. The van der Waals surface area contributed by atoms with Crippen molar-refractivity contribution in [3.63, 3.8) is 0 Å². The molecule has 0 bridgehead atoms. The fraction of sp³-hybridized carbons (Fsp3) is 0.318. The molecule has 1 aromatic heterocycles. The van der Waals surface area contributed by atoms with Crippen molar-refractivity contribution in [2.45, 2.75) is 29.9 Å². The number of benzene rings is 2. The summed E-state index contributed by atoms with van der Waals surface area (Å²) in [5, 5.41) is 8.89. The number of hydrogen-bond donors (Lipinski definition) is 0. The number of nitriles is 1. The van der Waals surface area contributed by atoms with Gasteiger partial charge in [-0.2, -0.15) is 5.26 Å². The number of rotatable bonds is 4. The molecule has 6 nitrogen and oxygen atoms in total. The highest BCUT2D eigenvalue weighted by molar-refractivity contribution is 7.92. The van der Waals surface area contributed by atoms with E-state index in [0.29, 0.717) is 27.8 Å². The van der Waals surface area contributed by atoms with Gasteiger partial charge in [0.25, 0.3) is 0 Å². The molecular formula is C22H21ClN4O2S. The van der Waals surface area contributed by atoms with Crippen molar-refractivity contribution in [2.24, 2.45) is 5.92 Å². The Morgan fingerprint density at radius 2 is 1.67 bits per heavy atom. The number of piperidine rings is 1. The molecule has 0 radical (unpaired) electrons. The summed E-state index contributed by atoms with van der Waals surface area (Å²) in [4.78, 5) is 11.4. The zero-order valence-corrected chi connectivity index (χ0v) is 18.1. The van der Waals surface area contributed by atoms with Gasteiger partial charge in [-0.15, -0.1) is 0 Å². The fourth-order valence-electron chi connectivity index (χ4n) is 3.67. The number of fused-ring (bicyclic) bond motifs is 1. The number of anilines is 1. The van der Waals surface area contributed by atoms with Gasteiger partial charge in [0.1, 0.15) is 5.69 Å². The standard InChI is InChI=1S/C22H21ClN4O2S/c1-15-10-12-27(13-11-15)22-21(25-18-4-2-3-5-19(18)26-22)20(14-24)30(28,29)17-8-6-16(23)7-9-17/h2-9,15,20H,10-13H2,1H3/t20-/m1/s1.